The van der Waals surface area contributed by atoms with E-state index in [1.165, 1.54) is 0 Å². The summed E-state index contributed by atoms with van der Waals surface area (Å²) in [5.41, 5.74) is 0. The second-order valence-electron chi connectivity index (χ2n) is 3.01. The minimum Gasteiger partial charge on any atom is -0.477 e. The number of nitrogens with zero attached hydrogens (tertiary/aromatic N) is 1. The molecule has 0 radical (unpaired) electrons. The Labute approximate surface area is 94.6 Å². The number of hydrogen-bond donors (Lipinski definition) is 1. The summed E-state index contributed by atoms with van der Waals surface area (Å²) in [6, 6.07) is 0. The fourth-order valence-electron chi connectivity index (χ4n) is 1.21. The summed E-state index contributed by atoms with van der Waals surface area (Å²) in [6.07, 6.45) is 0.744. The molecule has 1 aromatic heterocycles. The largest absolute Gasteiger partial charge is 0.477 e. The van der Waals surface area contributed by atoms with Crippen molar-refractivity contribution >= 4 is 28.9 Å². The van der Waals surface area contributed by atoms with Gasteiger partial charge in [-0.05, 0) is 0 Å². The van der Waals surface area contributed by atoms with E-state index < -0.39 is 5.97 Å². The van der Waals surface area contributed by atoms with Gasteiger partial charge in [0, 0.05) is 6.42 Å². The molecule has 0 bridgehead atoms. The fraction of sp³-hybridized carbons (Fsp3) is 0.500. The number of halogens is 1. The highest BCUT2D eigenvalue weighted by atomic mass is 35.5. The van der Waals surface area contributed by atoms with Crippen molar-refractivity contribution in [1.82, 2.24) is 4.98 Å². The topological polar surface area (TPSA) is 68.7 Å². The van der Waals surface area contributed by atoms with Crippen LogP contribution in [0.25, 0.3) is 0 Å². The lowest BCUT2D eigenvalue weighted by Gasteiger charge is -2.06. The van der Waals surface area contributed by atoms with E-state index in [9.17, 15) is 4.79 Å². The number of aromatic nitrogens is 1. The zero-order chi connectivity index (χ0) is 10.8. The van der Waals surface area contributed by atoms with Crippen LogP contribution in [-0.4, -0.2) is 35.4 Å². The van der Waals surface area contributed by atoms with Crippen molar-refractivity contribution in [3.63, 3.8) is 0 Å². The van der Waals surface area contributed by atoms with Crippen LogP contribution in [0.1, 0.15) is 16.1 Å². The summed E-state index contributed by atoms with van der Waals surface area (Å²) >= 11 is 6.57. The summed E-state index contributed by atoms with van der Waals surface area (Å²) in [7, 11) is 0. The third kappa shape index (κ3) is 2.39. The molecule has 0 saturated carbocycles. The molecule has 2 rings (SSSR count). The maximum atomic E-state index is 10.7. The number of carboxylic acids is 1. The average Bonchev–Trinajstić information content (AvgIpc) is 2.75. The average molecular weight is 250 g/mol. The van der Waals surface area contributed by atoms with Crippen LogP contribution >= 0.6 is 22.9 Å². The SMILES string of the molecule is O=C(O)c1sc(OC2CCOC2)nc1Cl. The number of rotatable bonds is 3. The zero-order valence-corrected chi connectivity index (χ0v) is 9.18. The van der Waals surface area contributed by atoms with E-state index in [1.807, 2.05) is 0 Å². The van der Waals surface area contributed by atoms with Gasteiger partial charge >= 0.3 is 5.97 Å². The van der Waals surface area contributed by atoms with Gasteiger partial charge in [-0.25, -0.2) is 4.79 Å². The Morgan fingerprint density at radius 3 is 3.07 bits per heavy atom. The maximum Gasteiger partial charge on any atom is 0.349 e. The van der Waals surface area contributed by atoms with Crippen LogP contribution in [0.15, 0.2) is 0 Å². The Kier molecular flexibility index (Phi) is 3.08. The molecule has 0 amide bonds. The highest BCUT2D eigenvalue weighted by Crippen LogP contribution is 2.30. The molecule has 0 aliphatic carbocycles. The van der Waals surface area contributed by atoms with E-state index in [-0.39, 0.29) is 21.3 Å². The molecular formula is C8H8ClNO4S. The van der Waals surface area contributed by atoms with Crippen molar-refractivity contribution in [2.24, 2.45) is 0 Å². The van der Waals surface area contributed by atoms with Gasteiger partial charge in [-0.3, -0.25) is 0 Å². The van der Waals surface area contributed by atoms with Gasteiger partial charge in [0.1, 0.15) is 6.10 Å². The van der Waals surface area contributed by atoms with E-state index >= 15 is 0 Å². The molecule has 1 aliphatic rings. The third-order valence-corrected chi connectivity index (χ3v) is 3.24. The van der Waals surface area contributed by atoms with Crippen LogP contribution in [0.2, 0.25) is 5.15 Å². The van der Waals surface area contributed by atoms with Crippen molar-refractivity contribution in [2.75, 3.05) is 13.2 Å². The van der Waals surface area contributed by atoms with Gasteiger partial charge in [0.05, 0.1) is 13.2 Å². The highest BCUT2D eigenvalue weighted by molar-refractivity contribution is 7.15. The Morgan fingerprint density at radius 1 is 1.73 bits per heavy atom. The zero-order valence-electron chi connectivity index (χ0n) is 7.60. The summed E-state index contributed by atoms with van der Waals surface area (Å²) in [6.45, 7) is 1.18. The lowest BCUT2D eigenvalue weighted by Crippen LogP contribution is -2.15. The molecule has 1 fully saturated rings. The van der Waals surface area contributed by atoms with Crippen molar-refractivity contribution in [1.29, 1.82) is 0 Å². The lowest BCUT2D eigenvalue weighted by atomic mass is 10.3. The van der Waals surface area contributed by atoms with Crippen LogP contribution in [-0.2, 0) is 4.74 Å². The number of aromatic carboxylic acids is 1. The quantitative estimate of drug-likeness (QED) is 0.882. The highest BCUT2D eigenvalue weighted by Gasteiger charge is 2.22. The van der Waals surface area contributed by atoms with E-state index in [1.54, 1.807) is 0 Å². The van der Waals surface area contributed by atoms with E-state index in [0.717, 1.165) is 17.8 Å². The van der Waals surface area contributed by atoms with Gasteiger partial charge in [0.25, 0.3) is 5.19 Å². The molecule has 1 saturated heterocycles. The maximum absolute atomic E-state index is 10.7. The first kappa shape index (κ1) is 10.7. The van der Waals surface area contributed by atoms with E-state index in [2.05, 4.69) is 4.98 Å². The van der Waals surface area contributed by atoms with Crippen LogP contribution in [0, 0.1) is 0 Å². The van der Waals surface area contributed by atoms with Gasteiger partial charge in [0.15, 0.2) is 10.0 Å². The van der Waals surface area contributed by atoms with Gasteiger partial charge < -0.3 is 14.6 Å². The summed E-state index contributed by atoms with van der Waals surface area (Å²) < 4.78 is 10.5. The normalized spacial score (nSPS) is 20.5. The molecular weight excluding hydrogens is 242 g/mol. The van der Waals surface area contributed by atoms with Crippen LogP contribution in [0.5, 0.6) is 5.19 Å². The molecule has 5 nitrogen and oxygen atoms in total. The molecule has 1 atom stereocenters. The first-order valence-corrected chi connectivity index (χ1v) is 5.50. The van der Waals surface area contributed by atoms with Gasteiger partial charge in [-0.2, -0.15) is 4.98 Å². The monoisotopic (exact) mass is 249 g/mol. The molecule has 1 aliphatic heterocycles. The Morgan fingerprint density at radius 2 is 2.53 bits per heavy atom. The molecule has 1 aromatic rings. The fourth-order valence-corrected chi connectivity index (χ4v) is 2.25. The van der Waals surface area contributed by atoms with E-state index in [0.29, 0.717) is 13.2 Å². The molecule has 2 heterocycles. The van der Waals surface area contributed by atoms with Gasteiger partial charge in [-0.15, -0.1) is 0 Å². The number of ether oxygens (including phenoxy) is 2. The Bertz CT molecular complexity index is 375. The number of carboxylic acid groups (broad SMARTS) is 1. The number of carbonyl (C=O) groups is 1. The third-order valence-electron chi connectivity index (χ3n) is 1.92. The predicted molar refractivity (Wildman–Crippen MR) is 53.9 cm³/mol. The lowest BCUT2D eigenvalue weighted by molar-refractivity contribution is 0.0702. The van der Waals surface area contributed by atoms with Gasteiger partial charge in [-0.1, -0.05) is 22.9 Å². The summed E-state index contributed by atoms with van der Waals surface area (Å²) in [5, 5.41) is 9.00. The Hall–Kier alpha value is -0.850. The predicted octanol–water partition coefficient (Wildman–Crippen LogP) is 1.66. The molecule has 82 valence electrons. The molecule has 7 heteroatoms. The number of hydrogen-bond acceptors (Lipinski definition) is 5. The second-order valence-corrected chi connectivity index (χ2v) is 4.33. The molecule has 1 unspecified atom stereocenters. The van der Waals surface area contributed by atoms with Crippen molar-refractivity contribution in [2.45, 2.75) is 12.5 Å². The van der Waals surface area contributed by atoms with Crippen molar-refractivity contribution in [3.05, 3.63) is 10.0 Å². The summed E-state index contributed by atoms with van der Waals surface area (Å²) in [5.74, 6) is -1.09. The van der Waals surface area contributed by atoms with Crippen molar-refractivity contribution < 1.29 is 19.4 Å². The Balaban J connectivity index is 2.08. The van der Waals surface area contributed by atoms with E-state index in [4.69, 9.17) is 26.2 Å². The van der Waals surface area contributed by atoms with Crippen LogP contribution in [0.4, 0.5) is 0 Å². The number of thiazole rings is 1. The minimum atomic E-state index is -1.09. The first-order chi connectivity index (χ1) is 7.16. The van der Waals surface area contributed by atoms with Crippen molar-refractivity contribution in [3.8, 4) is 5.19 Å². The summed E-state index contributed by atoms with van der Waals surface area (Å²) in [4.78, 5) is 14.5. The molecule has 0 spiro atoms. The molecule has 0 aromatic carbocycles. The van der Waals surface area contributed by atoms with Crippen LogP contribution < -0.4 is 4.74 Å². The smallest absolute Gasteiger partial charge is 0.349 e. The first-order valence-electron chi connectivity index (χ1n) is 4.31. The van der Waals surface area contributed by atoms with Gasteiger partial charge in [0.2, 0.25) is 0 Å². The molecule has 15 heavy (non-hydrogen) atoms. The van der Waals surface area contributed by atoms with Crippen LogP contribution in [0.3, 0.4) is 0 Å². The second kappa shape index (κ2) is 4.34. The molecule has 1 N–H and O–H groups in total. The minimum absolute atomic E-state index is 0.00517. The standard InChI is InChI=1S/C8H8ClNO4S/c9-6-5(7(11)12)15-8(10-6)14-4-1-2-13-3-4/h4H,1-3H2,(H,11,12).